The third-order valence-electron chi connectivity index (χ3n) is 3.80. The second-order valence-electron chi connectivity index (χ2n) is 5.70. The molecule has 0 bridgehead atoms. The highest BCUT2D eigenvalue weighted by Crippen LogP contribution is 2.22. The zero-order chi connectivity index (χ0) is 18.5. The molecule has 6 heteroatoms. The summed E-state index contributed by atoms with van der Waals surface area (Å²) in [6, 6.07) is 16.4. The lowest BCUT2D eigenvalue weighted by molar-refractivity contribution is 0.102. The van der Waals surface area contributed by atoms with E-state index in [0.717, 1.165) is 22.7 Å². The number of anilines is 3. The summed E-state index contributed by atoms with van der Waals surface area (Å²) in [5.74, 6) is 0.471. The van der Waals surface area contributed by atoms with Crippen molar-refractivity contribution in [3.63, 3.8) is 0 Å². The predicted molar refractivity (Wildman–Crippen MR) is 105 cm³/mol. The fourth-order valence-corrected chi connectivity index (χ4v) is 2.56. The van der Waals surface area contributed by atoms with Gasteiger partial charge in [0.2, 0.25) is 0 Å². The third kappa shape index (κ3) is 4.32. The van der Waals surface area contributed by atoms with Gasteiger partial charge in [0.05, 0.1) is 19.0 Å². The van der Waals surface area contributed by atoms with Crippen molar-refractivity contribution in [2.24, 2.45) is 0 Å². The summed E-state index contributed by atoms with van der Waals surface area (Å²) in [4.78, 5) is 16.6. The molecular weight excluding hydrogens is 350 g/mol. The van der Waals surface area contributed by atoms with Gasteiger partial charge < -0.3 is 15.4 Å². The molecule has 1 aromatic heterocycles. The number of nitrogens with one attached hydrogen (secondary N) is 2. The minimum Gasteiger partial charge on any atom is -0.497 e. The maximum atomic E-state index is 12.4. The number of amides is 1. The van der Waals surface area contributed by atoms with Crippen LogP contribution >= 0.6 is 11.6 Å². The molecule has 0 atom stereocenters. The first kappa shape index (κ1) is 17.8. The molecule has 3 aromatic rings. The van der Waals surface area contributed by atoms with Gasteiger partial charge in [-0.05, 0) is 48.9 Å². The second kappa shape index (κ2) is 7.89. The highest BCUT2D eigenvalue weighted by molar-refractivity contribution is 6.31. The number of rotatable bonds is 5. The number of methoxy groups -OCH3 is 1. The van der Waals surface area contributed by atoms with Gasteiger partial charge in [0, 0.05) is 22.5 Å². The topological polar surface area (TPSA) is 63.2 Å². The summed E-state index contributed by atoms with van der Waals surface area (Å²) in [5, 5.41) is 6.61. The second-order valence-corrected chi connectivity index (χ2v) is 6.14. The number of benzene rings is 2. The molecule has 0 aliphatic carbocycles. The molecule has 0 spiro atoms. The standard InChI is InChI=1S/C20H18ClN3O2/c1-13-6-7-14(21)10-19(13)24-20(25)18-9-8-16(12-22-18)23-15-4-3-5-17(11-15)26-2/h3-12,23H,1-2H3,(H,24,25). The van der Waals surface area contributed by atoms with E-state index in [1.54, 1.807) is 37.6 Å². The van der Waals surface area contributed by atoms with Gasteiger partial charge >= 0.3 is 0 Å². The van der Waals surface area contributed by atoms with Crippen LogP contribution in [0, 0.1) is 6.92 Å². The van der Waals surface area contributed by atoms with E-state index in [1.807, 2.05) is 37.3 Å². The number of halogens is 1. The smallest absolute Gasteiger partial charge is 0.274 e. The van der Waals surface area contributed by atoms with Gasteiger partial charge in [0.25, 0.3) is 5.91 Å². The normalized spacial score (nSPS) is 10.3. The van der Waals surface area contributed by atoms with Crippen molar-refractivity contribution in [2.75, 3.05) is 17.7 Å². The number of aromatic nitrogens is 1. The van der Waals surface area contributed by atoms with Gasteiger partial charge in [-0.15, -0.1) is 0 Å². The first-order chi connectivity index (χ1) is 12.5. The van der Waals surface area contributed by atoms with Crippen LogP contribution < -0.4 is 15.4 Å². The summed E-state index contributed by atoms with van der Waals surface area (Å²) in [5.41, 5.74) is 3.56. The average Bonchev–Trinajstić information content (AvgIpc) is 2.65. The molecule has 2 N–H and O–H groups in total. The minimum atomic E-state index is -0.289. The quantitative estimate of drug-likeness (QED) is 0.662. The lowest BCUT2D eigenvalue weighted by Crippen LogP contribution is -2.14. The Labute approximate surface area is 157 Å². The van der Waals surface area contributed by atoms with Crippen molar-refractivity contribution in [3.8, 4) is 5.75 Å². The van der Waals surface area contributed by atoms with Crippen LogP contribution in [0.1, 0.15) is 16.1 Å². The summed E-state index contributed by atoms with van der Waals surface area (Å²) in [6.07, 6.45) is 1.61. The Balaban J connectivity index is 1.70. The van der Waals surface area contributed by atoms with E-state index in [1.165, 1.54) is 0 Å². The minimum absolute atomic E-state index is 0.289. The first-order valence-electron chi connectivity index (χ1n) is 8.00. The predicted octanol–water partition coefficient (Wildman–Crippen LogP) is 5.05. The molecule has 5 nitrogen and oxygen atoms in total. The van der Waals surface area contributed by atoms with Crippen LogP contribution in [0.3, 0.4) is 0 Å². The van der Waals surface area contributed by atoms with E-state index >= 15 is 0 Å². The van der Waals surface area contributed by atoms with E-state index in [-0.39, 0.29) is 5.91 Å². The lowest BCUT2D eigenvalue weighted by atomic mass is 10.2. The van der Waals surface area contributed by atoms with Crippen molar-refractivity contribution < 1.29 is 9.53 Å². The fraction of sp³-hybridized carbons (Fsp3) is 0.100. The van der Waals surface area contributed by atoms with Gasteiger partial charge in [-0.25, -0.2) is 4.98 Å². The molecule has 2 aromatic carbocycles. The number of aryl methyl sites for hydroxylation is 1. The third-order valence-corrected chi connectivity index (χ3v) is 4.04. The van der Waals surface area contributed by atoms with E-state index < -0.39 is 0 Å². The molecule has 1 heterocycles. The number of carbonyl (C=O) groups is 1. The van der Waals surface area contributed by atoms with E-state index in [0.29, 0.717) is 16.4 Å². The molecule has 0 unspecified atom stereocenters. The summed E-state index contributed by atoms with van der Waals surface area (Å²) in [6.45, 7) is 1.90. The van der Waals surface area contributed by atoms with Crippen LogP contribution in [0.25, 0.3) is 0 Å². The van der Waals surface area contributed by atoms with E-state index in [2.05, 4.69) is 15.6 Å². The van der Waals surface area contributed by atoms with Crippen molar-refractivity contribution in [1.82, 2.24) is 4.98 Å². The maximum absolute atomic E-state index is 12.4. The van der Waals surface area contributed by atoms with Gasteiger partial charge in [0.15, 0.2) is 0 Å². The number of pyridine rings is 1. The number of ether oxygens (including phenoxy) is 1. The summed E-state index contributed by atoms with van der Waals surface area (Å²) >= 11 is 5.98. The largest absolute Gasteiger partial charge is 0.497 e. The SMILES string of the molecule is COc1cccc(Nc2ccc(C(=O)Nc3cc(Cl)ccc3C)nc2)c1. The van der Waals surface area contributed by atoms with Crippen molar-refractivity contribution in [1.29, 1.82) is 0 Å². The van der Waals surface area contributed by atoms with Crippen molar-refractivity contribution in [2.45, 2.75) is 6.92 Å². The van der Waals surface area contributed by atoms with E-state index in [4.69, 9.17) is 16.3 Å². The molecule has 1 amide bonds. The van der Waals surface area contributed by atoms with E-state index in [9.17, 15) is 4.79 Å². The molecular formula is C20H18ClN3O2. The molecule has 132 valence electrons. The van der Waals surface area contributed by atoms with Crippen LogP contribution in [-0.4, -0.2) is 18.0 Å². The number of carbonyl (C=O) groups excluding carboxylic acids is 1. The summed E-state index contributed by atoms with van der Waals surface area (Å²) < 4.78 is 5.20. The molecule has 0 aliphatic rings. The Kier molecular flexibility index (Phi) is 5.39. The lowest BCUT2D eigenvalue weighted by Gasteiger charge is -2.10. The number of hydrogen-bond acceptors (Lipinski definition) is 4. The fourth-order valence-electron chi connectivity index (χ4n) is 2.38. The van der Waals surface area contributed by atoms with Crippen LogP contribution in [0.15, 0.2) is 60.8 Å². The molecule has 26 heavy (non-hydrogen) atoms. The van der Waals surface area contributed by atoms with Crippen molar-refractivity contribution in [3.05, 3.63) is 77.1 Å². The summed E-state index contributed by atoms with van der Waals surface area (Å²) in [7, 11) is 1.62. The van der Waals surface area contributed by atoms with Crippen LogP contribution in [0.4, 0.5) is 17.1 Å². The Morgan fingerprint density at radius 2 is 1.92 bits per heavy atom. The Bertz CT molecular complexity index is 927. The Morgan fingerprint density at radius 3 is 2.65 bits per heavy atom. The zero-order valence-corrected chi connectivity index (χ0v) is 15.2. The molecule has 0 aliphatic heterocycles. The van der Waals surface area contributed by atoms with Gasteiger partial charge in [-0.2, -0.15) is 0 Å². The van der Waals surface area contributed by atoms with Crippen molar-refractivity contribution >= 4 is 34.6 Å². The molecule has 0 fully saturated rings. The Morgan fingerprint density at radius 1 is 1.08 bits per heavy atom. The van der Waals surface area contributed by atoms with Gasteiger partial charge in [0.1, 0.15) is 11.4 Å². The van der Waals surface area contributed by atoms with Gasteiger partial charge in [-0.3, -0.25) is 4.79 Å². The first-order valence-corrected chi connectivity index (χ1v) is 8.37. The molecule has 0 saturated heterocycles. The number of nitrogens with zero attached hydrogens (tertiary/aromatic N) is 1. The highest BCUT2D eigenvalue weighted by atomic mass is 35.5. The molecule has 0 saturated carbocycles. The van der Waals surface area contributed by atoms with Crippen LogP contribution in [0.5, 0.6) is 5.75 Å². The Hall–Kier alpha value is -3.05. The zero-order valence-electron chi connectivity index (χ0n) is 14.4. The van der Waals surface area contributed by atoms with Crippen LogP contribution in [-0.2, 0) is 0 Å². The number of hydrogen-bond donors (Lipinski definition) is 2. The average molecular weight is 368 g/mol. The maximum Gasteiger partial charge on any atom is 0.274 e. The van der Waals surface area contributed by atoms with Gasteiger partial charge in [-0.1, -0.05) is 23.7 Å². The highest BCUT2D eigenvalue weighted by Gasteiger charge is 2.10. The van der Waals surface area contributed by atoms with Crippen LogP contribution in [0.2, 0.25) is 5.02 Å². The monoisotopic (exact) mass is 367 g/mol. The molecule has 3 rings (SSSR count). The molecule has 0 radical (unpaired) electrons.